The van der Waals surface area contributed by atoms with Crippen molar-refractivity contribution in [3.8, 4) is 0 Å². The zero-order valence-corrected chi connectivity index (χ0v) is 14.3. The molecule has 0 bridgehead atoms. The average molecular weight is 346 g/mol. The van der Waals surface area contributed by atoms with Crippen LogP contribution in [0.1, 0.15) is 22.3 Å². The monoisotopic (exact) mass is 346 g/mol. The van der Waals surface area contributed by atoms with E-state index in [0.717, 1.165) is 11.3 Å². The van der Waals surface area contributed by atoms with E-state index in [2.05, 4.69) is 15.3 Å². The largest absolute Gasteiger partial charge is 0.340 e. The topological polar surface area (TPSA) is 75.2 Å². The van der Waals surface area contributed by atoms with Crippen LogP contribution >= 0.6 is 0 Å². The molecule has 0 unspecified atom stereocenters. The molecule has 1 N–H and O–H groups in total. The van der Waals surface area contributed by atoms with Crippen molar-refractivity contribution in [1.82, 2.24) is 15.3 Å². The highest BCUT2D eigenvalue weighted by Gasteiger charge is 2.33. The van der Waals surface area contributed by atoms with Gasteiger partial charge >= 0.3 is 0 Å². The number of carbonyl (C=O) groups excluding carboxylic acids is 2. The van der Waals surface area contributed by atoms with E-state index in [1.807, 2.05) is 31.2 Å². The Hall–Kier alpha value is -3.28. The average Bonchev–Trinajstić information content (AvgIpc) is 3.02. The summed E-state index contributed by atoms with van der Waals surface area (Å²) in [6.45, 7) is 2.60. The number of nitrogens with one attached hydrogen (secondary N) is 1. The molecular weight excluding hydrogens is 328 g/mol. The minimum atomic E-state index is -0.524. The van der Waals surface area contributed by atoms with Crippen molar-refractivity contribution in [3.63, 3.8) is 0 Å². The fraction of sp³-hybridized carbons (Fsp3) is 0.200. The fourth-order valence-corrected chi connectivity index (χ4v) is 3.22. The summed E-state index contributed by atoms with van der Waals surface area (Å²) in [4.78, 5) is 35.4. The van der Waals surface area contributed by atoms with Gasteiger partial charge in [0.05, 0.1) is 11.1 Å². The van der Waals surface area contributed by atoms with E-state index >= 15 is 0 Å². The van der Waals surface area contributed by atoms with Crippen molar-refractivity contribution in [2.24, 2.45) is 0 Å². The standard InChI is InChI=1S/C20H18N4O2/c1-13-2-4-14(5-3-13)24-11-8-18(20(24)26)23-19(25)15-6-10-22-17-7-9-21-12-16(15)17/h2-7,9-10,12,18H,8,11H2,1H3,(H,23,25)/t18-/m1/s1. The Kier molecular flexibility index (Phi) is 4.08. The molecule has 1 aliphatic rings. The molecule has 2 aromatic heterocycles. The van der Waals surface area contributed by atoms with Crippen LogP contribution < -0.4 is 10.2 Å². The first kappa shape index (κ1) is 16.2. The van der Waals surface area contributed by atoms with Crippen LogP contribution in [0.5, 0.6) is 0 Å². The molecule has 3 heterocycles. The Balaban J connectivity index is 1.53. The number of aryl methyl sites for hydroxylation is 1. The molecule has 0 radical (unpaired) electrons. The molecule has 26 heavy (non-hydrogen) atoms. The summed E-state index contributed by atoms with van der Waals surface area (Å²) in [6, 6.07) is 10.7. The van der Waals surface area contributed by atoms with Gasteiger partial charge in [0.1, 0.15) is 6.04 Å². The minimum Gasteiger partial charge on any atom is -0.340 e. The van der Waals surface area contributed by atoms with Crippen LogP contribution in [0.3, 0.4) is 0 Å². The maximum atomic E-state index is 12.7. The molecule has 3 aromatic rings. The summed E-state index contributed by atoms with van der Waals surface area (Å²) in [5.41, 5.74) is 3.18. The van der Waals surface area contributed by atoms with Gasteiger partial charge < -0.3 is 10.2 Å². The van der Waals surface area contributed by atoms with E-state index < -0.39 is 6.04 Å². The lowest BCUT2D eigenvalue weighted by Crippen LogP contribution is -2.41. The molecule has 6 nitrogen and oxygen atoms in total. The van der Waals surface area contributed by atoms with Crippen LogP contribution in [0, 0.1) is 6.92 Å². The van der Waals surface area contributed by atoms with Gasteiger partial charge in [0, 0.05) is 36.2 Å². The molecule has 0 aliphatic carbocycles. The first-order valence-corrected chi connectivity index (χ1v) is 8.51. The van der Waals surface area contributed by atoms with Gasteiger partial charge in [0.15, 0.2) is 0 Å². The van der Waals surface area contributed by atoms with Crippen molar-refractivity contribution in [2.75, 3.05) is 11.4 Å². The Morgan fingerprint density at radius 2 is 1.96 bits per heavy atom. The predicted octanol–water partition coefficient (Wildman–Crippen LogP) is 2.47. The van der Waals surface area contributed by atoms with Crippen molar-refractivity contribution in [3.05, 3.63) is 66.1 Å². The van der Waals surface area contributed by atoms with Crippen LogP contribution in [-0.2, 0) is 4.79 Å². The van der Waals surface area contributed by atoms with E-state index in [4.69, 9.17) is 0 Å². The third-order valence-electron chi connectivity index (χ3n) is 4.64. The number of anilines is 1. The lowest BCUT2D eigenvalue weighted by atomic mass is 10.1. The van der Waals surface area contributed by atoms with E-state index in [1.165, 1.54) is 0 Å². The van der Waals surface area contributed by atoms with Crippen molar-refractivity contribution in [1.29, 1.82) is 0 Å². The zero-order chi connectivity index (χ0) is 18.1. The summed E-state index contributed by atoms with van der Waals surface area (Å²) in [5, 5.41) is 3.54. The highest BCUT2D eigenvalue weighted by molar-refractivity contribution is 6.08. The molecule has 130 valence electrons. The Morgan fingerprint density at radius 3 is 2.77 bits per heavy atom. The first-order valence-electron chi connectivity index (χ1n) is 8.51. The summed E-state index contributed by atoms with van der Waals surface area (Å²) < 4.78 is 0. The van der Waals surface area contributed by atoms with Gasteiger partial charge in [-0.25, -0.2) is 0 Å². The van der Waals surface area contributed by atoms with E-state index in [1.54, 1.807) is 35.6 Å². The molecule has 6 heteroatoms. The van der Waals surface area contributed by atoms with E-state index in [0.29, 0.717) is 29.4 Å². The lowest BCUT2D eigenvalue weighted by Gasteiger charge is -2.17. The molecule has 0 spiro atoms. The molecule has 4 rings (SSSR count). The predicted molar refractivity (Wildman–Crippen MR) is 98.9 cm³/mol. The molecule has 1 aromatic carbocycles. The highest BCUT2D eigenvalue weighted by Crippen LogP contribution is 2.23. The maximum absolute atomic E-state index is 12.7. The number of carbonyl (C=O) groups is 2. The highest BCUT2D eigenvalue weighted by atomic mass is 16.2. The number of nitrogens with zero attached hydrogens (tertiary/aromatic N) is 3. The number of rotatable bonds is 3. The zero-order valence-electron chi connectivity index (χ0n) is 14.3. The van der Waals surface area contributed by atoms with Crippen molar-refractivity contribution >= 4 is 28.4 Å². The van der Waals surface area contributed by atoms with Crippen molar-refractivity contribution < 1.29 is 9.59 Å². The summed E-state index contributed by atoms with van der Waals surface area (Å²) in [5.74, 6) is -0.367. The SMILES string of the molecule is Cc1ccc(N2CC[C@@H](NC(=O)c3ccnc4ccncc34)C2=O)cc1. The Bertz CT molecular complexity index is 979. The normalized spacial score (nSPS) is 16.9. The number of hydrogen-bond acceptors (Lipinski definition) is 4. The van der Waals surface area contributed by atoms with E-state index in [9.17, 15) is 9.59 Å². The summed E-state index contributed by atoms with van der Waals surface area (Å²) in [7, 11) is 0. The number of pyridine rings is 2. The smallest absolute Gasteiger partial charge is 0.252 e. The van der Waals surface area contributed by atoms with Crippen LogP contribution in [0.25, 0.3) is 10.9 Å². The summed E-state index contributed by atoms with van der Waals surface area (Å²) >= 11 is 0. The Labute approximate surface area is 150 Å². The van der Waals surface area contributed by atoms with Crippen LogP contribution in [0.15, 0.2) is 55.0 Å². The van der Waals surface area contributed by atoms with Crippen LogP contribution in [0.2, 0.25) is 0 Å². The minimum absolute atomic E-state index is 0.0845. The molecule has 1 fully saturated rings. The number of hydrogen-bond donors (Lipinski definition) is 1. The second-order valence-corrected chi connectivity index (χ2v) is 6.39. The second kappa shape index (κ2) is 6.55. The molecule has 1 saturated heterocycles. The van der Waals surface area contributed by atoms with Crippen LogP contribution in [-0.4, -0.2) is 34.4 Å². The summed E-state index contributed by atoms with van der Waals surface area (Å²) in [6.07, 6.45) is 5.43. The van der Waals surface area contributed by atoms with Crippen LogP contribution in [0.4, 0.5) is 5.69 Å². The lowest BCUT2D eigenvalue weighted by molar-refractivity contribution is -0.118. The number of benzene rings is 1. The van der Waals surface area contributed by atoms with Gasteiger partial charge in [0.25, 0.3) is 5.91 Å². The molecular formula is C20H18N4O2. The van der Waals surface area contributed by atoms with Gasteiger partial charge in [-0.15, -0.1) is 0 Å². The second-order valence-electron chi connectivity index (χ2n) is 6.39. The number of aromatic nitrogens is 2. The van der Waals surface area contributed by atoms with Gasteiger partial charge in [-0.1, -0.05) is 17.7 Å². The molecule has 2 amide bonds. The van der Waals surface area contributed by atoms with Crippen molar-refractivity contribution in [2.45, 2.75) is 19.4 Å². The third-order valence-corrected chi connectivity index (χ3v) is 4.64. The quantitative estimate of drug-likeness (QED) is 0.790. The Morgan fingerprint density at radius 1 is 1.15 bits per heavy atom. The van der Waals surface area contributed by atoms with Gasteiger partial charge in [-0.2, -0.15) is 0 Å². The number of fused-ring (bicyclic) bond motifs is 1. The first-order chi connectivity index (χ1) is 12.6. The molecule has 1 aliphatic heterocycles. The molecule has 0 saturated carbocycles. The van der Waals surface area contributed by atoms with Gasteiger partial charge in [-0.3, -0.25) is 19.6 Å². The molecule has 1 atom stereocenters. The van der Waals surface area contributed by atoms with Gasteiger partial charge in [0.2, 0.25) is 5.91 Å². The third kappa shape index (κ3) is 2.90. The van der Waals surface area contributed by atoms with Gasteiger partial charge in [-0.05, 0) is 37.6 Å². The number of amides is 2. The maximum Gasteiger partial charge on any atom is 0.252 e. The fourth-order valence-electron chi connectivity index (χ4n) is 3.22. The van der Waals surface area contributed by atoms with E-state index in [-0.39, 0.29) is 11.8 Å².